The molecule has 1 aliphatic heterocycles. The Labute approximate surface area is 182 Å². The second kappa shape index (κ2) is 9.49. The largest absolute Gasteiger partial charge is 0.468 e. The van der Waals surface area contributed by atoms with Gasteiger partial charge in [0.05, 0.1) is 18.6 Å². The second-order valence-corrected chi connectivity index (χ2v) is 9.60. The normalized spacial score (nSPS) is 14.9. The highest BCUT2D eigenvalue weighted by Gasteiger charge is 2.20. The van der Waals surface area contributed by atoms with E-state index in [0.717, 1.165) is 38.1 Å². The fraction of sp³-hybridized carbons (Fsp3) is 0.364. The van der Waals surface area contributed by atoms with Crippen LogP contribution in [0, 0.1) is 6.92 Å². The van der Waals surface area contributed by atoms with Gasteiger partial charge in [0, 0.05) is 49.4 Å². The van der Waals surface area contributed by atoms with Crippen LogP contribution in [0.25, 0.3) is 0 Å². The molecule has 0 aromatic heterocycles. The van der Waals surface area contributed by atoms with Crippen LogP contribution < -0.4 is 10.2 Å². The molecule has 1 saturated heterocycles. The Hall–Kier alpha value is -2.91. The molecule has 1 fully saturated rings. The van der Waals surface area contributed by atoms with E-state index in [2.05, 4.69) is 15.1 Å². The number of rotatable bonds is 6. The fourth-order valence-electron chi connectivity index (χ4n) is 3.44. The number of carbonyl (C=O) groups is 2. The number of anilines is 2. The highest BCUT2D eigenvalue weighted by atomic mass is 32.2. The Bertz CT molecular complexity index is 1060. The van der Waals surface area contributed by atoms with Crippen molar-refractivity contribution in [2.24, 2.45) is 0 Å². The number of hydrogen-bond donors (Lipinski definition) is 1. The lowest BCUT2D eigenvalue weighted by Gasteiger charge is -2.35. The van der Waals surface area contributed by atoms with Crippen molar-refractivity contribution >= 4 is 33.1 Å². The molecule has 2 aromatic rings. The Morgan fingerprint density at radius 3 is 2.26 bits per heavy atom. The number of methoxy groups -OCH3 is 1. The molecule has 2 aromatic carbocycles. The number of sulfone groups is 1. The molecular formula is C22H27N3O5S. The first-order valence-electron chi connectivity index (χ1n) is 9.93. The molecule has 1 aliphatic rings. The molecule has 1 N–H and O–H groups in total. The van der Waals surface area contributed by atoms with Crippen LogP contribution in [0.2, 0.25) is 0 Å². The maximum atomic E-state index is 12.7. The van der Waals surface area contributed by atoms with Crippen LogP contribution in [0.5, 0.6) is 0 Å². The summed E-state index contributed by atoms with van der Waals surface area (Å²) in [5.41, 5.74) is 2.69. The molecule has 0 spiro atoms. The van der Waals surface area contributed by atoms with E-state index in [4.69, 9.17) is 4.74 Å². The zero-order valence-corrected chi connectivity index (χ0v) is 18.7. The predicted molar refractivity (Wildman–Crippen MR) is 119 cm³/mol. The summed E-state index contributed by atoms with van der Waals surface area (Å²) in [7, 11) is -2.00. The summed E-state index contributed by atoms with van der Waals surface area (Å²) in [6.07, 6.45) is 1.12. The van der Waals surface area contributed by atoms with Crippen molar-refractivity contribution in [2.75, 3.05) is 56.3 Å². The third-order valence-corrected chi connectivity index (χ3v) is 6.44. The minimum absolute atomic E-state index is 0.116. The summed E-state index contributed by atoms with van der Waals surface area (Å²) in [5, 5.41) is 2.83. The minimum atomic E-state index is -3.39. The van der Waals surface area contributed by atoms with E-state index in [9.17, 15) is 18.0 Å². The number of amides is 1. The molecule has 1 amide bonds. The maximum Gasteiger partial charge on any atom is 0.319 e. The summed E-state index contributed by atoms with van der Waals surface area (Å²) in [6.45, 7) is 5.19. The molecular weight excluding hydrogens is 418 g/mol. The molecule has 9 heteroatoms. The second-order valence-electron chi connectivity index (χ2n) is 7.59. The SMILES string of the molecule is COC(=O)CN1CCN(c2ccc(NC(=O)c3cc(S(C)(=O)=O)ccc3C)cc2)CC1. The van der Waals surface area contributed by atoms with E-state index >= 15 is 0 Å². The van der Waals surface area contributed by atoms with Gasteiger partial charge in [0.15, 0.2) is 9.84 Å². The monoisotopic (exact) mass is 445 g/mol. The first-order chi connectivity index (χ1) is 14.7. The number of piperazine rings is 1. The molecule has 0 bridgehead atoms. The van der Waals surface area contributed by atoms with Crippen LogP contribution in [0.15, 0.2) is 47.4 Å². The number of esters is 1. The van der Waals surface area contributed by atoms with E-state index in [1.807, 2.05) is 24.3 Å². The number of ether oxygens (including phenoxy) is 1. The van der Waals surface area contributed by atoms with Crippen molar-refractivity contribution in [3.8, 4) is 0 Å². The van der Waals surface area contributed by atoms with Gasteiger partial charge in [-0.25, -0.2) is 8.42 Å². The van der Waals surface area contributed by atoms with Crippen LogP contribution in [-0.4, -0.2) is 71.3 Å². The van der Waals surface area contributed by atoms with Crippen molar-refractivity contribution in [2.45, 2.75) is 11.8 Å². The number of nitrogens with one attached hydrogen (secondary N) is 1. The number of aryl methyl sites for hydroxylation is 1. The Morgan fingerprint density at radius 1 is 1.03 bits per heavy atom. The number of carbonyl (C=O) groups excluding carboxylic acids is 2. The van der Waals surface area contributed by atoms with Crippen molar-refractivity contribution in [1.29, 1.82) is 0 Å². The molecule has 1 heterocycles. The summed E-state index contributed by atoms with van der Waals surface area (Å²) < 4.78 is 28.3. The van der Waals surface area contributed by atoms with Gasteiger partial charge >= 0.3 is 5.97 Å². The van der Waals surface area contributed by atoms with Crippen molar-refractivity contribution in [1.82, 2.24) is 4.90 Å². The van der Waals surface area contributed by atoms with E-state index in [-0.39, 0.29) is 16.8 Å². The van der Waals surface area contributed by atoms with Crippen LogP contribution in [0.1, 0.15) is 15.9 Å². The molecule has 0 unspecified atom stereocenters. The predicted octanol–water partition coefficient (Wildman–Crippen LogP) is 1.95. The third-order valence-electron chi connectivity index (χ3n) is 5.32. The van der Waals surface area contributed by atoms with E-state index in [1.54, 1.807) is 13.0 Å². The van der Waals surface area contributed by atoms with Gasteiger partial charge in [-0.2, -0.15) is 0 Å². The van der Waals surface area contributed by atoms with Gasteiger partial charge in [-0.3, -0.25) is 14.5 Å². The molecule has 8 nitrogen and oxygen atoms in total. The number of nitrogens with zero attached hydrogens (tertiary/aromatic N) is 2. The molecule has 166 valence electrons. The third kappa shape index (κ3) is 5.83. The average molecular weight is 446 g/mol. The first-order valence-corrected chi connectivity index (χ1v) is 11.8. The molecule has 0 atom stereocenters. The van der Waals surface area contributed by atoms with Crippen LogP contribution >= 0.6 is 0 Å². The highest BCUT2D eigenvalue weighted by Crippen LogP contribution is 2.21. The van der Waals surface area contributed by atoms with Crippen LogP contribution in [0.3, 0.4) is 0 Å². The van der Waals surface area contributed by atoms with Crippen molar-refractivity contribution < 1.29 is 22.7 Å². The highest BCUT2D eigenvalue weighted by molar-refractivity contribution is 7.90. The standard InChI is InChI=1S/C22H27N3O5S/c1-16-4-9-19(31(3,28)29)14-20(16)22(27)23-17-5-7-18(8-6-17)25-12-10-24(11-13-25)15-21(26)30-2/h4-9,14H,10-13,15H2,1-3H3,(H,23,27). The summed E-state index contributed by atoms with van der Waals surface area (Å²) >= 11 is 0. The van der Waals surface area contributed by atoms with E-state index < -0.39 is 9.84 Å². The zero-order chi connectivity index (χ0) is 22.6. The van der Waals surface area contributed by atoms with Gasteiger partial charge in [-0.05, 0) is 48.9 Å². The van der Waals surface area contributed by atoms with Gasteiger partial charge in [0.2, 0.25) is 0 Å². The van der Waals surface area contributed by atoms with Gasteiger partial charge in [-0.1, -0.05) is 6.07 Å². The van der Waals surface area contributed by atoms with Crippen LogP contribution in [0.4, 0.5) is 11.4 Å². The van der Waals surface area contributed by atoms with Crippen LogP contribution in [-0.2, 0) is 19.4 Å². The maximum absolute atomic E-state index is 12.7. The Kier molecular flexibility index (Phi) is 6.97. The van der Waals surface area contributed by atoms with Crippen molar-refractivity contribution in [3.05, 3.63) is 53.6 Å². The summed E-state index contributed by atoms with van der Waals surface area (Å²) in [6, 6.07) is 12.1. The van der Waals surface area contributed by atoms with Crippen molar-refractivity contribution in [3.63, 3.8) is 0 Å². The summed E-state index contributed by atoms with van der Waals surface area (Å²) in [5.74, 6) is -0.585. The van der Waals surface area contributed by atoms with Gasteiger partial charge < -0.3 is 15.0 Å². The van der Waals surface area contributed by atoms with E-state index in [1.165, 1.54) is 19.2 Å². The quantitative estimate of drug-likeness (QED) is 0.679. The number of hydrogen-bond acceptors (Lipinski definition) is 7. The Morgan fingerprint density at radius 2 is 1.68 bits per heavy atom. The van der Waals surface area contributed by atoms with Gasteiger partial charge in [0.25, 0.3) is 5.91 Å². The first kappa shape index (κ1) is 22.8. The molecule has 0 saturated carbocycles. The Balaban J connectivity index is 1.63. The lowest BCUT2D eigenvalue weighted by Crippen LogP contribution is -2.48. The lowest BCUT2D eigenvalue weighted by molar-refractivity contribution is -0.142. The molecule has 0 aliphatic carbocycles. The molecule has 3 rings (SSSR count). The van der Waals surface area contributed by atoms with E-state index in [0.29, 0.717) is 23.4 Å². The summed E-state index contributed by atoms with van der Waals surface area (Å²) in [4.78, 5) is 28.5. The molecule has 0 radical (unpaired) electrons. The smallest absolute Gasteiger partial charge is 0.319 e. The minimum Gasteiger partial charge on any atom is -0.468 e. The zero-order valence-electron chi connectivity index (χ0n) is 17.9. The topological polar surface area (TPSA) is 96.0 Å². The van der Waals surface area contributed by atoms with Gasteiger partial charge in [-0.15, -0.1) is 0 Å². The number of benzene rings is 2. The fourth-order valence-corrected chi connectivity index (χ4v) is 4.09. The lowest BCUT2D eigenvalue weighted by atomic mass is 10.1. The average Bonchev–Trinajstić information content (AvgIpc) is 2.74. The van der Waals surface area contributed by atoms with Gasteiger partial charge in [0.1, 0.15) is 0 Å². The molecule has 31 heavy (non-hydrogen) atoms.